The first-order valence-corrected chi connectivity index (χ1v) is 6.05. The molecule has 0 aliphatic heterocycles. The van der Waals surface area contributed by atoms with Gasteiger partial charge in [-0.05, 0) is 18.2 Å². The van der Waals surface area contributed by atoms with Crippen molar-refractivity contribution in [2.45, 2.75) is 10.6 Å². The Balaban J connectivity index is 2.08. The number of nitrogen functional groups attached to an aromatic ring is 1. The first-order chi connectivity index (χ1) is 7.75. The summed E-state index contributed by atoms with van der Waals surface area (Å²) < 4.78 is 0. The Morgan fingerprint density at radius 1 is 1.31 bits per heavy atom. The molecule has 3 nitrogen and oxygen atoms in total. The number of aromatic nitrogens is 2. The second kappa shape index (κ2) is 5.18. The van der Waals surface area contributed by atoms with Gasteiger partial charge in [0.25, 0.3) is 0 Å². The quantitative estimate of drug-likeness (QED) is 0.673. The van der Waals surface area contributed by atoms with Gasteiger partial charge in [-0.3, -0.25) is 9.97 Å². The minimum Gasteiger partial charge on any atom is -0.398 e. The van der Waals surface area contributed by atoms with Crippen LogP contribution in [0.3, 0.4) is 0 Å². The summed E-state index contributed by atoms with van der Waals surface area (Å²) in [6, 6.07) is 5.45. The van der Waals surface area contributed by atoms with Gasteiger partial charge in [-0.2, -0.15) is 0 Å². The summed E-state index contributed by atoms with van der Waals surface area (Å²) in [5, 5.41) is 0.691. The first kappa shape index (κ1) is 11.2. The third-order valence-corrected chi connectivity index (χ3v) is 3.31. The number of halogens is 1. The summed E-state index contributed by atoms with van der Waals surface area (Å²) in [6.45, 7) is 0. The van der Waals surface area contributed by atoms with Crippen LogP contribution in [0.2, 0.25) is 5.02 Å². The summed E-state index contributed by atoms with van der Waals surface area (Å²) in [5.41, 5.74) is 7.50. The van der Waals surface area contributed by atoms with Gasteiger partial charge in [0, 0.05) is 39.9 Å². The lowest BCUT2D eigenvalue weighted by Crippen LogP contribution is -1.90. The van der Waals surface area contributed by atoms with Crippen molar-refractivity contribution in [2.24, 2.45) is 0 Å². The van der Waals surface area contributed by atoms with Gasteiger partial charge in [0.15, 0.2) is 0 Å². The Hall–Kier alpha value is -1.26. The maximum Gasteiger partial charge on any atom is 0.0689 e. The van der Waals surface area contributed by atoms with Crippen LogP contribution in [0.4, 0.5) is 5.69 Å². The van der Waals surface area contributed by atoms with Crippen LogP contribution in [0.5, 0.6) is 0 Å². The lowest BCUT2D eigenvalue weighted by atomic mass is 10.3. The molecule has 0 spiro atoms. The normalized spacial score (nSPS) is 10.3. The van der Waals surface area contributed by atoms with Crippen LogP contribution in [0.25, 0.3) is 0 Å². The number of nitrogens with zero attached hydrogens (tertiary/aromatic N) is 2. The fourth-order valence-corrected chi connectivity index (χ4v) is 2.32. The first-order valence-electron chi connectivity index (χ1n) is 4.68. The van der Waals surface area contributed by atoms with E-state index in [1.807, 2.05) is 6.07 Å². The van der Waals surface area contributed by atoms with Crippen LogP contribution in [-0.2, 0) is 5.75 Å². The molecule has 0 radical (unpaired) electrons. The molecule has 16 heavy (non-hydrogen) atoms. The molecule has 0 aliphatic carbocycles. The second-order valence-corrected chi connectivity index (χ2v) is 4.62. The number of anilines is 1. The molecule has 0 fully saturated rings. The second-order valence-electron chi connectivity index (χ2n) is 3.17. The highest BCUT2D eigenvalue weighted by atomic mass is 35.5. The van der Waals surface area contributed by atoms with Crippen molar-refractivity contribution in [3.05, 3.63) is 47.5 Å². The fraction of sp³-hybridized carbons (Fsp3) is 0.0909. The van der Waals surface area contributed by atoms with Crippen LogP contribution < -0.4 is 5.73 Å². The molecule has 2 aromatic rings. The van der Waals surface area contributed by atoms with Crippen LogP contribution in [0.15, 0.2) is 41.7 Å². The lowest BCUT2D eigenvalue weighted by Gasteiger charge is -2.05. The molecule has 0 aliphatic rings. The molecule has 1 aromatic heterocycles. The van der Waals surface area contributed by atoms with Crippen molar-refractivity contribution in [1.82, 2.24) is 9.97 Å². The van der Waals surface area contributed by atoms with E-state index in [4.69, 9.17) is 17.3 Å². The van der Waals surface area contributed by atoms with E-state index in [0.717, 1.165) is 22.0 Å². The van der Waals surface area contributed by atoms with Crippen molar-refractivity contribution < 1.29 is 0 Å². The Morgan fingerprint density at radius 2 is 2.19 bits per heavy atom. The Labute approximate surface area is 103 Å². The molecule has 1 heterocycles. The number of nitrogens with two attached hydrogens (primary N) is 1. The SMILES string of the molecule is Nc1ccc(Cl)cc1SCc1cnccn1. The number of benzene rings is 1. The summed E-state index contributed by atoms with van der Waals surface area (Å²) in [5.74, 6) is 0.735. The highest BCUT2D eigenvalue weighted by Gasteiger charge is 2.02. The average Bonchev–Trinajstić information content (AvgIpc) is 2.32. The highest BCUT2D eigenvalue weighted by Crippen LogP contribution is 2.29. The molecular weight excluding hydrogens is 242 g/mol. The molecule has 0 unspecified atom stereocenters. The van der Waals surface area contributed by atoms with Gasteiger partial charge in [-0.15, -0.1) is 11.8 Å². The number of rotatable bonds is 3. The Morgan fingerprint density at radius 3 is 2.94 bits per heavy atom. The van der Waals surface area contributed by atoms with E-state index in [0.29, 0.717) is 5.02 Å². The monoisotopic (exact) mass is 251 g/mol. The lowest BCUT2D eigenvalue weighted by molar-refractivity contribution is 1.10. The van der Waals surface area contributed by atoms with Gasteiger partial charge in [-0.25, -0.2) is 0 Å². The predicted octanol–water partition coefficient (Wildman–Crippen LogP) is 3.00. The van der Waals surface area contributed by atoms with Crippen molar-refractivity contribution in [2.75, 3.05) is 5.73 Å². The van der Waals surface area contributed by atoms with Gasteiger partial charge in [-0.1, -0.05) is 11.6 Å². The van der Waals surface area contributed by atoms with E-state index < -0.39 is 0 Å². The highest BCUT2D eigenvalue weighted by molar-refractivity contribution is 7.98. The fourth-order valence-electron chi connectivity index (χ4n) is 1.19. The summed E-state index contributed by atoms with van der Waals surface area (Å²) in [4.78, 5) is 9.16. The smallest absolute Gasteiger partial charge is 0.0689 e. The standard InChI is InChI=1S/C11H10ClN3S/c12-8-1-2-10(13)11(5-8)16-7-9-6-14-3-4-15-9/h1-6H,7,13H2. The minimum absolute atomic E-state index is 0.691. The van der Waals surface area contributed by atoms with E-state index in [2.05, 4.69) is 9.97 Å². The molecule has 0 saturated heterocycles. The van der Waals surface area contributed by atoms with Crippen molar-refractivity contribution in [1.29, 1.82) is 0 Å². The molecular formula is C11H10ClN3S. The zero-order chi connectivity index (χ0) is 11.4. The van der Waals surface area contributed by atoms with Gasteiger partial charge >= 0.3 is 0 Å². The number of hydrogen-bond acceptors (Lipinski definition) is 4. The molecule has 5 heteroatoms. The van der Waals surface area contributed by atoms with E-state index in [1.165, 1.54) is 0 Å². The minimum atomic E-state index is 0.691. The molecule has 2 N–H and O–H groups in total. The molecule has 2 rings (SSSR count). The molecule has 0 atom stereocenters. The average molecular weight is 252 g/mol. The molecule has 1 aromatic carbocycles. The third-order valence-electron chi connectivity index (χ3n) is 1.97. The molecule has 0 saturated carbocycles. The Kier molecular flexibility index (Phi) is 3.64. The third kappa shape index (κ3) is 2.87. The molecule has 82 valence electrons. The predicted molar refractivity (Wildman–Crippen MR) is 67.5 cm³/mol. The van der Waals surface area contributed by atoms with Crippen LogP contribution in [-0.4, -0.2) is 9.97 Å². The zero-order valence-electron chi connectivity index (χ0n) is 8.43. The van der Waals surface area contributed by atoms with E-state index in [9.17, 15) is 0 Å². The zero-order valence-corrected chi connectivity index (χ0v) is 10.0. The maximum atomic E-state index is 5.90. The maximum absolute atomic E-state index is 5.90. The van der Waals surface area contributed by atoms with Crippen LogP contribution in [0, 0.1) is 0 Å². The van der Waals surface area contributed by atoms with Crippen molar-refractivity contribution >= 4 is 29.1 Å². The van der Waals surface area contributed by atoms with E-state index in [-0.39, 0.29) is 0 Å². The molecule has 0 bridgehead atoms. The van der Waals surface area contributed by atoms with Crippen molar-refractivity contribution in [3.63, 3.8) is 0 Å². The molecule has 0 amide bonds. The summed E-state index contributed by atoms with van der Waals surface area (Å²) >= 11 is 7.50. The van der Waals surface area contributed by atoms with Crippen LogP contribution in [0.1, 0.15) is 5.69 Å². The van der Waals surface area contributed by atoms with Gasteiger partial charge < -0.3 is 5.73 Å². The largest absolute Gasteiger partial charge is 0.398 e. The number of thioether (sulfide) groups is 1. The van der Waals surface area contributed by atoms with E-state index >= 15 is 0 Å². The van der Waals surface area contributed by atoms with Crippen molar-refractivity contribution in [3.8, 4) is 0 Å². The van der Waals surface area contributed by atoms with Crippen LogP contribution >= 0.6 is 23.4 Å². The topological polar surface area (TPSA) is 51.8 Å². The summed E-state index contributed by atoms with van der Waals surface area (Å²) in [7, 11) is 0. The van der Waals surface area contributed by atoms with Gasteiger partial charge in [0.05, 0.1) is 5.69 Å². The van der Waals surface area contributed by atoms with Gasteiger partial charge in [0.1, 0.15) is 0 Å². The summed E-state index contributed by atoms with van der Waals surface area (Å²) in [6.07, 6.45) is 5.08. The van der Waals surface area contributed by atoms with E-state index in [1.54, 1.807) is 42.5 Å². The van der Waals surface area contributed by atoms with Gasteiger partial charge in [0.2, 0.25) is 0 Å². The Bertz CT molecular complexity index is 476. The number of hydrogen-bond donors (Lipinski definition) is 1.